The van der Waals surface area contributed by atoms with Crippen molar-refractivity contribution in [1.82, 2.24) is 10.2 Å². The molecule has 1 aromatic rings. The first-order valence-corrected chi connectivity index (χ1v) is 10.7. The number of rotatable bonds is 7. The fourth-order valence-electron chi connectivity index (χ4n) is 4.18. The highest BCUT2D eigenvalue weighted by molar-refractivity contribution is 6.02. The molecule has 0 saturated carbocycles. The van der Waals surface area contributed by atoms with Gasteiger partial charge in [0.25, 0.3) is 0 Å². The van der Waals surface area contributed by atoms with Crippen molar-refractivity contribution in [2.24, 2.45) is 17.6 Å². The Kier molecular flexibility index (Phi) is 7.22. The maximum absolute atomic E-state index is 12.8. The zero-order valence-electron chi connectivity index (χ0n) is 18.6. The lowest BCUT2D eigenvalue weighted by Crippen LogP contribution is -2.51. The standard InChI is InChI=1S/C22H30N4O6/c1-13(22(30)25-8-6-14(7-9-25)20(23)28)24-21(29)15-10-19(27)26(12-15)17-5-4-16(31-2)11-18(17)32-3/h4-5,11,13-15H,6-10,12H2,1-3H3,(H2,23,28)(H,24,29). The molecule has 3 rings (SSSR count). The Morgan fingerprint density at radius 2 is 1.81 bits per heavy atom. The Morgan fingerprint density at radius 1 is 1.12 bits per heavy atom. The van der Waals surface area contributed by atoms with Crippen molar-refractivity contribution < 1.29 is 28.7 Å². The molecule has 2 heterocycles. The molecule has 2 saturated heterocycles. The van der Waals surface area contributed by atoms with Crippen LogP contribution in [0.15, 0.2) is 18.2 Å². The van der Waals surface area contributed by atoms with Gasteiger partial charge in [-0.2, -0.15) is 0 Å². The zero-order valence-corrected chi connectivity index (χ0v) is 18.6. The largest absolute Gasteiger partial charge is 0.497 e. The monoisotopic (exact) mass is 446 g/mol. The molecule has 10 heteroatoms. The summed E-state index contributed by atoms with van der Waals surface area (Å²) < 4.78 is 10.6. The molecule has 0 radical (unpaired) electrons. The smallest absolute Gasteiger partial charge is 0.244 e. The number of nitrogens with one attached hydrogen (secondary N) is 1. The van der Waals surface area contributed by atoms with Gasteiger partial charge in [0.15, 0.2) is 0 Å². The highest BCUT2D eigenvalue weighted by atomic mass is 16.5. The van der Waals surface area contributed by atoms with E-state index in [1.807, 2.05) is 0 Å². The predicted octanol–water partition coefficient (Wildman–Crippen LogP) is 0.285. The minimum atomic E-state index is -0.729. The van der Waals surface area contributed by atoms with Crippen molar-refractivity contribution in [3.8, 4) is 11.5 Å². The van der Waals surface area contributed by atoms with Crippen LogP contribution in [0.1, 0.15) is 26.2 Å². The van der Waals surface area contributed by atoms with Gasteiger partial charge < -0.3 is 30.3 Å². The fourth-order valence-corrected chi connectivity index (χ4v) is 4.18. The first-order valence-electron chi connectivity index (χ1n) is 10.7. The van der Waals surface area contributed by atoms with Crippen LogP contribution in [0.2, 0.25) is 0 Å². The number of nitrogens with zero attached hydrogens (tertiary/aromatic N) is 2. The van der Waals surface area contributed by atoms with E-state index >= 15 is 0 Å². The lowest BCUT2D eigenvalue weighted by molar-refractivity contribution is -0.139. The SMILES string of the molecule is COc1ccc(N2CC(C(=O)NC(C)C(=O)N3CCC(C(N)=O)CC3)CC2=O)c(OC)c1. The number of nitrogens with two attached hydrogens (primary N) is 1. The molecular formula is C22H30N4O6. The van der Waals surface area contributed by atoms with E-state index in [9.17, 15) is 19.2 Å². The number of carbonyl (C=O) groups is 4. The van der Waals surface area contributed by atoms with Crippen LogP contribution in [0.4, 0.5) is 5.69 Å². The molecule has 10 nitrogen and oxygen atoms in total. The number of hydrogen-bond donors (Lipinski definition) is 2. The van der Waals surface area contributed by atoms with Crippen molar-refractivity contribution >= 4 is 29.3 Å². The van der Waals surface area contributed by atoms with E-state index in [-0.39, 0.29) is 42.5 Å². The summed E-state index contributed by atoms with van der Waals surface area (Å²) in [6.45, 7) is 2.68. The Hall–Kier alpha value is -3.30. The highest BCUT2D eigenvalue weighted by Gasteiger charge is 2.38. The van der Waals surface area contributed by atoms with Crippen LogP contribution in [0.3, 0.4) is 0 Å². The van der Waals surface area contributed by atoms with E-state index < -0.39 is 12.0 Å². The molecule has 0 spiro atoms. The number of benzene rings is 1. The van der Waals surface area contributed by atoms with Gasteiger partial charge in [0.1, 0.15) is 17.5 Å². The molecule has 3 N–H and O–H groups in total. The third-order valence-corrected chi connectivity index (χ3v) is 6.11. The van der Waals surface area contributed by atoms with Gasteiger partial charge in [0, 0.05) is 38.0 Å². The van der Waals surface area contributed by atoms with Gasteiger partial charge in [0.05, 0.1) is 25.8 Å². The molecule has 32 heavy (non-hydrogen) atoms. The van der Waals surface area contributed by atoms with Gasteiger partial charge in [-0.05, 0) is 31.9 Å². The van der Waals surface area contributed by atoms with Gasteiger partial charge in [-0.25, -0.2) is 0 Å². The highest BCUT2D eigenvalue weighted by Crippen LogP contribution is 2.35. The number of amides is 4. The molecule has 0 aromatic heterocycles. The lowest BCUT2D eigenvalue weighted by atomic mass is 9.96. The van der Waals surface area contributed by atoms with Crippen LogP contribution in [0.5, 0.6) is 11.5 Å². The summed E-state index contributed by atoms with van der Waals surface area (Å²) in [6, 6.07) is 4.39. The van der Waals surface area contributed by atoms with Crippen molar-refractivity contribution in [1.29, 1.82) is 0 Å². The summed E-state index contributed by atoms with van der Waals surface area (Å²) in [6.07, 6.45) is 1.10. The second kappa shape index (κ2) is 9.88. The van der Waals surface area contributed by atoms with Crippen LogP contribution < -0.4 is 25.4 Å². The van der Waals surface area contributed by atoms with Crippen molar-refractivity contribution in [3.05, 3.63) is 18.2 Å². The van der Waals surface area contributed by atoms with Gasteiger partial charge >= 0.3 is 0 Å². The number of likely N-dealkylation sites (tertiary alicyclic amines) is 1. The summed E-state index contributed by atoms with van der Waals surface area (Å²) in [5.74, 6) is -0.816. The lowest BCUT2D eigenvalue weighted by Gasteiger charge is -2.32. The normalized spacial score (nSPS) is 20.1. The van der Waals surface area contributed by atoms with E-state index in [4.69, 9.17) is 15.2 Å². The second-order valence-electron chi connectivity index (χ2n) is 8.18. The molecule has 174 valence electrons. The van der Waals surface area contributed by atoms with Crippen molar-refractivity contribution in [3.63, 3.8) is 0 Å². The number of primary amides is 1. The molecular weight excluding hydrogens is 416 g/mol. The molecule has 0 bridgehead atoms. The van der Waals surface area contributed by atoms with Crippen LogP contribution >= 0.6 is 0 Å². The van der Waals surface area contributed by atoms with Crippen molar-refractivity contribution in [2.45, 2.75) is 32.2 Å². The van der Waals surface area contributed by atoms with Gasteiger partial charge in [-0.3, -0.25) is 19.2 Å². The fraction of sp³-hybridized carbons (Fsp3) is 0.545. The third kappa shape index (κ3) is 4.95. The Bertz CT molecular complexity index is 896. The molecule has 2 atom stereocenters. The van der Waals surface area contributed by atoms with Crippen LogP contribution in [0, 0.1) is 11.8 Å². The zero-order chi connectivity index (χ0) is 23.4. The minimum absolute atomic E-state index is 0.0476. The number of methoxy groups -OCH3 is 2. The first-order chi connectivity index (χ1) is 15.2. The van der Waals surface area contributed by atoms with Crippen LogP contribution in [0.25, 0.3) is 0 Å². The Labute approximate surface area is 187 Å². The number of carbonyl (C=O) groups excluding carboxylic acids is 4. The summed E-state index contributed by atoms with van der Waals surface area (Å²) >= 11 is 0. The third-order valence-electron chi connectivity index (χ3n) is 6.11. The average molecular weight is 447 g/mol. The van der Waals surface area contributed by atoms with E-state index in [0.29, 0.717) is 43.1 Å². The number of anilines is 1. The summed E-state index contributed by atoms with van der Waals surface area (Å²) in [5, 5.41) is 2.74. The minimum Gasteiger partial charge on any atom is -0.497 e. The summed E-state index contributed by atoms with van der Waals surface area (Å²) in [5.41, 5.74) is 5.90. The van der Waals surface area contributed by atoms with Gasteiger partial charge in [-0.15, -0.1) is 0 Å². The van der Waals surface area contributed by atoms with Gasteiger partial charge in [0.2, 0.25) is 23.6 Å². The maximum Gasteiger partial charge on any atom is 0.244 e. The van der Waals surface area contributed by atoms with Crippen LogP contribution in [-0.4, -0.2) is 68.4 Å². The first kappa shape index (κ1) is 23.4. The number of ether oxygens (including phenoxy) is 2. The van der Waals surface area contributed by atoms with E-state index in [1.165, 1.54) is 19.1 Å². The maximum atomic E-state index is 12.8. The van der Waals surface area contributed by atoms with E-state index in [1.54, 1.807) is 30.0 Å². The van der Waals surface area contributed by atoms with E-state index in [2.05, 4.69) is 5.32 Å². The van der Waals surface area contributed by atoms with E-state index in [0.717, 1.165) is 0 Å². The molecule has 2 aliphatic rings. The van der Waals surface area contributed by atoms with Crippen LogP contribution in [-0.2, 0) is 19.2 Å². The summed E-state index contributed by atoms with van der Waals surface area (Å²) in [7, 11) is 3.04. The van der Waals surface area contributed by atoms with Crippen molar-refractivity contribution in [2.75, 3.05) is 38.8 Å². The molecule has 0 aliphatic carbocycles. The number of hydrogen-bond acceptors (Lipinski definition) is 6. The summed E-state index contributed by atoms with van der Waals surface area (Å²) in [4.78, 5) is 52.6. The quantitative estimate of drug-likeness (QED) is 0.619. The molecule has 2 aliphatic heterocycles. The molecule has 2 unspecified atom stereocenters. The Morgan fingerprint density at radius 3 is 2.41 bits per heavy atom. The number of piperidine rings is 1. The average Bonchev–Trinajstić information content (AvgIpc) is 3.19. The Balaban J connectivity index is 1.59. The molecule has 2 fully saturated rings. The second-order valence-corrected chi connectivity index (χ2v) is 8.18. The topological polar surface area (TPSA) is 131 Å². The predicted molar refractivity (Wildman–Crippen MR) is 116 cm³/mol. The molecule has 1 aromatic carbocycles. The van der Waals surface area contributed by atoms with Gasteiger partial charge in [-0.1, -0.05) is 0 Å². The molecule has 4 amide bonds.